The Balaban J connectivity index is 2.48. The molecule has 1 aliphatic rings. The highest BCUT2D eigenvalue weighted by Gasteiger charge is 2.61. The molecule has 1 amide bonds. The zero-order valence-electron chi connectivity index (χ0n) is 14.1. The number of rotatable bonds is 6. The Kier molecular flexibility index (Phi) is 6.37. The fraction of sp³-hybridized carbons (Fsp3) is 0.438. The Hall–Kier alpha value is -1.86. The molecule has 1 aliphatic carbocycles. The van der Waals surface area contributed by atoms with E-state index in [1.807, 2.05) is 0 Å². The number of halogens is 2. The molecule has 11 heteroatoms. The molecule has 3 atom stereocenters. The SMILES string of the molecule is CO[C@@H]1C[C@H](S(=O)(=O)c2ccc(Cl)cc2Cl)C[C@@]1(C(N)=O)C(=O)OCC#N. The number of hydrogen-bond acceptors (Lipinski definition) is 7. The van der Waals surface area contributed by atoms with Gasteiger partial charge >= 0.3 is 5.97 Å². The number of amides is 1. The van der Waals surface area contributed by atoms with Gasteiger partial charge in [0.1, 0.15) is 6.07 Å². The first kappa shape index (κ1) is 21.4. The molecular formula is C16H16Cl2N2O6S. The minimum absolute atomic E-state index is 0.0832. The minimum atomic E-state index is -4.04. The Labute approximate surface area is 166 Å². The summed E-state index contributed by atoms with van der Waals surface area (Å²) in [5.41, 5.74) is 3.40. The Morgan fingerprint density at radius 1 is 1.41 bits per heavy atom. The highest BCUT2D eigenvalue weighted by molar-refractivity contribution is 7.92. The maximum Gasteiger partial charge on any atom is 0.325 e. The summed E-state index contributed by atoms with van der Waals surface area (Å²) in [6.07, 6.45) is -1.76. The standard InChI is InChI=1S/C16H16Cl2N2O6S/c1-25-13-7-10(8-16(13,14(20)21)15(22)26-5-4-19)27(23,24)12-3-2-9(17)6-11(12)18/h2-3,6,10,13H,5,7-8H2,1H3,(H2,20,21)/t10-,13+,16+/m0/s1. The van der Waals surface area contributed by atoms with Crippen molar-refractivity contribution in [1.29, 1.82) is 5.26 Å². The number of sulfone groups is 1. The van der Waals surface area contributed by atoms with Crippen LogP contribution in [0, 0.1) is 16.7 Å². The van der Waals surface area contributed by atoms with Crippen molar-refractivity contribution in [1.82, 2.24) is 0 Å². The predicted molar refractivity (Wildman–Crippen MR) is 95.7 cm³/mol. The fourth-order valence-corrected chi connectivity index (χ4v) is 5.82. The molecule has 146 valence electrons. The third kappa shape index (κ3) is 3.75. The molecule has 0 radical (unpaired) electrons. The van der Waals surface area contributed by atoms with Gasteiger partial charge in [-0.25, -0.2) is 8.42 Å². The van der Waals surface area contributed by atoms with Crippen LogP contribution in [-0.2, 0) is 28.9 Å². The lowest BCUT2D eigenvalue weighted by Crippen LogP contribution is -2.51. The van der Waals surface area contributed by atoms with Gasteiger partial charge in [0.25, 0.3) is 0 Å². The van der Waals surface area contributed by atoms with Crippen LogP contribution in [0.25, 0.3) is 0 Å². The predicted octanol–water partition coefficient (Wildman–Crippen LogP) is 1.48. The average Bonchev–Trinajstić information content (AvgIpc) is 3.01. The smallest absolute Gasteiger partial charge is 0.325 e. The number of nitrogens with zero attached hydrogens (tertiary/aromatic N) is 1. The number of benzene rings is 1. The van der Waals surface area contributed by atoms with Crippen LogP contribution >= 0.6 is 23.2 Å². The highest BCUT2D eigenvalue weighted by Crippen LogP contribution is 2.46. The number of esters is 1. The third-order valence-electron chi connectivity index (χ3n) is 4.57. The summed E-state index contributed by atoms with van der Waals surface area (Å²) >= 11 is 11.8. The summed E-state index contributed by atoms with van der Waals surface area (Å²) in [6.45, 7) is -0.606. The van der Waals surface area contributed by atoms with Crippen molar-refractivity contribution in [2.45, 2.75) is 29.1 Å². The lowest BCUT2D eigenvalue weighted by atomic mass is 9.83. The van der Waals surface area contributed by atoms with Crippen LogP contribution < -0.4 is 5.73 Å². The maximum absolute atomic E-state index is 13.0. The van der Waals surface area contributed by atoms with Crippen LogP contribution in [0.3, 0.4) is 0 Å². The lowest BCUT2D eigenvalue weighted by molar-refractivity contribution is -0.166. The van der Waals surface area contributed by atoms with Gasteiger partial charge in [-0.1, -0.05) is 23.2 Å². The van der Waals surface area contributed by atoms with E-state index in [4.69, 9.17) is 43.7 Å². The fourth-order valence-electron chi connectivity index (χ4n) is 3.23. The van der Waals surface area contributed by atoms with Gasteiger partial charge in [0.05, 0.1) is 21.3 Å². The molecule has 27 heavy (non-hydrogen) atoms. The van der Waals surface area contributed by atoms with E-state index >= 15 is 0 Å². The number of ether oxygens (including phenoxy) is 2. The topological polar surface area (TPSA) is 137 Å². The summed E-state index contributed by atoms with van der Waals surface area (Å²) in [5.74, 6) is -2.18. The molecule has 0 spiro atoms. The molecule has 2 rings (SSSR count). The number of nitriles is 1. The molecule has 1 fully saturated rings. The summed E-state index contributed by atoms with van der Waals surface area (Å²) in [5, 5.41) is 7.59. The monoisotopic (exact) mass is 434 g/mol. The molecule has 0 aromatic heterocycles. The first-order valence-corrected chi connectivity index (χ1v) is 9.97. The first-order chi connectivity index (χ1) is 12.6. The lowest BCUT2D eigenvalue weighted by Gasteiger charge is -2.28. The second kappa shape index (κ2) is 8.02. The molecule has 0 aliphatic heterocycles. The van der Waals surface area contributed by atoms with Crippen molar-refractivity contribution in [3.63, 3.8) is 0 Å². The summed E-state index contributed by atoms with van der Waals surface area (Å²) in [4.78, 5) is 24.4. The number of carbonyl (C=O) groups excluding carboxylic acids is 2. The van der Waals surface area contributed by atoms with Crippen LogP contribution in [-0.4, -0.2) is 45.4 Å². The second-order valence-corrected chi connectivity index (χ2v) is 9.02. The molecular weight excluding hydrogens is 419 g/mol. The van der Waals surface area contributed by atoms with Gasteiger partial charge in [-0.05, 0) is 31.0 Å². The van der Waals surface area contributed by atoms with Gasteiger partial charge in [-0.15, -0.1) is 0 Å². The van der Waals surface area contributed by atoms with Crippen molar-refractivity contribution in [3.8, 4) is 6.07 Å². The van der Waals surface area contributed by atoms with E-state index < -0.39 is 51.5 Å². The van der Waals surface area contributed by atoms with Crippen LogP contribution in [0.15, 0.2) is 23.1 Å². The second-order valence-electron chi connectivity index (χ2n) is 5.98. The Morgan fingerprint density at radius 2 is 2.07 bits per heavy atom. The van der Waals surface area contributed by atoms with Crippen molar-refractivity contribution in [3.05, 3.63) is 28.2 Å². The molecule has 1 aromatic rings. The molecule has 0 bridgehead atoms. The molecule has 0 saturated heterocycles. The summed E-state index contributed by atoms with van der Waals surface area (Å²) in [6, 6.07) is 5.50. The van der Waals surface area contributed by atoms with E-state index in [-0.39, 0.29) is 21.4 Å². The third-order valence-corrected chi connectivity index (χ3v) is 7.44. The molecule has 8 nitrogen and oxygen atoms in total. The highest BCUT2D eigenvalue weighted by atomic mass is 35.5. The molecule has 0 heterocycles. The van der Waals surface area contributed by atoms with E-state index in [1.165, 1.54) is 25.3 Å². The van der Waals surface area contributed by atoms with Crippen LogP contribution in [0.5, 0.6) is 0 Å². The van der Waals surface area contributed by atoms with Gasteiger partial charge in [-0.2, -0.15) is 5.26 Å². The Morgan fingerprint density at radius 3 is 2.59 bits per heavy atom. The van der Waals surface area contributed by atoms with Crippen molar-refractivity contribution < 1.29 is 27.5 Å². The van der Waals surface area contributed by atoms with Gasteiger partial charge < -0.3 is 15.2 Å². The van der Waals surface area contributed by atoms with Crippen molar-refractivity contribution in [2.24, 2.45) is 11.1 Å². The minimum Gasteiger partial charge on any atom is -0.449 e. The number of nitrogens with two attached hydrogens (primary N) is 1. The molecule has 2 N–H and O–H groups in total. The van der Waals surface area contributed by atoms with Crippen LogP contribution in [0.4, 0.5) is 0 Å². The normalized spacial score (nSPS) is 25.0. The van der Waals surface area contributed by atoms with Gasteiger partial charge in [0.15, 0.2) is 21.9 Å². The zero-order chi connectivity index (χ0) is 20.4. The van der Waals surface area contributed by atoms with Crippen molar-refractivity contribution >= 4 is 44.9 Å². The van der Waals surface area contributed by atoms with Crippen molar-refractivity contribution in [2.75, 3.05) is 13.7 Å². The van der Waals surface area contributed by atoms with E-state index in [0.29, 0.717) is 0 Å². The van der Waals surface area contributed by atoms with Gasteiger partial charge in [-0.3, -0.25) is 9.59 Å². The summed E-state index contributed by atoms with van der Waals surface area (Å²) in [7, 11) is -2.81. The first-order valence-electron chi connectivity index (χ1n) is 7.67. The Bertz CT molecular complexity index is 914. The number of primary amides is 1. The molecule has 1 aromatic carbocycles. The van der Waals surface area contributed by atoms with Gasteiger partial charge in [0, 0.05) is 12.1 Å². The van der Waals surface area contributed by atoms with Crippen LogP contribution in [0.1, 0.15) is 12.8 Å². The van der Waals surface area contributed by atoms with Crippen LogP contribution in [0.2, 0.25) is 10.0 Å². The number of hydrogen-bond donors (Lipinski definition) is 1. The quantitative estimate of drug-likeness (QED) is 0.528. The number of methoxy groups -OCH3 is 1. The van der Waals surface area contributed by atoms with E-state index in [0.717, 1.165) is 0 Å². The van der Waals surface area contributed by atoms with Gasteiger partial charge in [0.2, 0.25) is 5.91 Å². The van der Waals surface area contributed by atoms with E-state index in [1.54, 1.807) is 6.07 Å². The van der Waals surface area contributed by atoms with E-state index in [2.05, 4.69) is 0 Å². The number of carbonyl (C=O) groups is 2. The largest absolute Gasteiger partial charge is 0.449 e. The summed E-state index contributed by atoms with van der Waals surface area (Å²) < 4.78 is 36.0. The molecule has 0 unspecified atom stereocenters. The molecule has 1 saturated carbocycles. The zero-order valence-corrected chi connectivity index (χ0v) is 16.5. The van der Waals surface area contributed by atoms with E-state index in [9.17, 15) is 18.0 Å². The maximum atomic E-state index is 13.0. The average molecular weight is 435 g/mol.